The van der Waals surface area contributed by atoms with Crippen molar-refractivity contribution in [1.82, 2.24) is 4.90 Å². The SMILES string of the molecule is CCOC(=O)CSCC(=O)N1[C@H](C)CCC[C@@H]1C. The van der Waals surface area contributed by atoms with Crippen LogP contribution in [-0.2, 0) is 14.3 Å². The maximum Gasteiger partial charge on any atom is 0.315 e. The van der Waals surface area contributed by atoms with E-state index in [1.165, 1.54) is 18.2 Å². The number of hydrogen-bond donors (Lipinski definition) is 0. The van der Waals surface area contributed by atoms with Gasteiger partial charge in [-0.05, 0) is 40.0 Å². The van der Waals surface area contributed by atoms with E-state index in [9.17, 15) is 9.59 Å². The molecule has 4 nitrogen and oxygen atoms in total. The lowest BCUT2D eigenvalue weighted by molar-refractivity contribution is -0.139. The molecule has 0 unspecified atom stereocenters. The lowest BCUT2D eigenvalue weighted by Gasteiger charge is -2.39. The van der Waals surface area contributed by atoms with Crippen LogP contribution in [0.25, 0.3) is 0 Å². The quantitative estimate of drug-likeness (QED) is 0.719. The zero-order valence-corrected chi connectivity index (χ0v) is 12.3. The summed E-state index contributed by atoms with van der Waals surface area (Å²) in [6, 6.07) is 0.647. The fourth-order valence-electron chi connectivity index (χ4n) is 2.41. The number of amides is 1. The van der Waals surface area contributed by atoms with Gasteiger partial charge < -0.3 is 9.64 Å². The summed E-state index contributed by atoms with van der Waals surface area (Å²) in [6.07, 6.45) is 3.36. The van der Waals surface area contributed by atoms with E-state index in [2.05, 4.69) is 13.8 Å². The van der Waals surface area contributed by atoms with Gasteiger partial charge in [-0.15, -0.1) is 11.8 Å². The minimum Gasteiger partial charge on any atom is -0.465 e. The Kier molecular flexibility index (Phi) is 6.54. The molecule has 5 heteroatoms. The van der Waals surface area contributed by atoms with Crippen LogP contribution in [0.15, 0.2) is 0 Å². The second-order valence-corrected chi connectivity index (χ2v) is 5.71. The molecule has 0 aromatic heterocycles. The molecule has 0 saturated carbocycles. The van der Waals surface area contributed by atoms with Gasteiger partial charge in [0, 0.05) is 12.1 Å². The molecule has 2 atom stereocenters. The normalized spacial score (nSPS) is 23.8. The fraction of sp³-hybridized carbons (Fsp3) is 0.846. The third-order valence-electron chi connectivity index (χ3n) is 3.23. The van der Waals surface area contributed by atoms with E-state index in [0.29, 0.717) is 24.4 Å². The van der Waals surface area contributed by atoms with Crippen LogP contribution < -0.4 is 0 Å². The summed E-state index contributed by atoms with van der Waals surface area (Å²) in [6.45, 7) is 6.38. The number of ether oxygens (including phenoxy) is 1. The van der Waals surface area contributed by atoms with E-state index in [0.717, 1.165) is 12.8 Å². The topological polar surface area (TPSA) is 46.6 Å². The molecule has 104 valence electrons. The number of hydrogen-bond acceptors (Lipinski definition) is 4. The largest absolute Gasteiger partial charge is 0.465 e. The van der Waals surface area contributed by atoms with Crippen LogP contribution in [0.4, 0.5) is 0 Å². The van der Waals surface area contributed by atoms with Crippen molar-refractivity contribution in [2.75, 3.05) is 18.1 Å². The van der Waals surface area contributed by atoms with E-state index in [-0.39, 0.29) is 17.6 Å². The molecular formula is C13H23NO3S. The molecule has 18 heavy (non-hydrogen) atoms. The molecular weight excluding hydrogens is 250 g/mol. The number of nitrogens with zero attached hydrogens (tertiary/aromatic N) is 1. The third-order valence-corrected chi connectivity index (χ3v) is 4.12. The molecule has 1 heterocycles. The highest BCUT2D eigenvalue weighted by Crippen LogP contribution is 2.23. The first kappa shape index (κ1) is 15.3. The number of likely N-dealkylation sites (tertiary alicyclic amines) is 1. The number of thioether (sulfide) groups is 1. The van der Waals surface area contributed by atoms with Gasteiger partial charge in [-0.25, -0.2) is 0 Å². The Labute approximate surface area is 113 Å². The molecule has 0 spiro atoms. The first-order valence-corrected chi connectivity index (χ1v) is 7.76. The summed E-state index contributed by atoms with van der Waals surface area (Å²) >= 11 is 1.34. The van der Waals surface area contributed by atoms with E-state index in [1.807, 2.05) is 4.90 Å². The van der Waals surface area contributed by atoms with Crippen LogP contribution in [-0.4, -0.2) is 47.0 Å². The lowest BCUT2D eigenvalue weighted by atomic mass is 9.98. The predicted octanol–water partition coefficient (Wildman–Crippen LogP) is 2.07. The van der Waals surface area contributed by atoms with Gasteiger partial charge in [-0.3, -0.25) is 9.59 Å². The van der Waals surface area contributed by atoms with Gasteiger partial charge >= 0.3 is 5.97 Å². The first-order chi connectivity index (χ1) is 8.56. The molecule has 0 aliphatic carbocycles. The molecule has 1 amide bonds. The van der Waals surface area contributed by atoms with Crippen molar-refractivity contribution in [2.24, 2.45) is 0 Å². The first-order valence-electron chi connectivity index (χ1n) is 6.60. The Morgan fingerprint density at radius 2 is 1.83 bits per heavy atom. The highest BCUT2D eigenvalue weighted by Gasteiger charge is 2.28. The van der Waals surface area contributed by atoms with Crippen LogP contribution in [0.5, 0.6) is 0 Å². The predicted molar refractivity (Wildman–Crippen MR) is 73.6 cm³/mol. The van der Waals surface area contributed by atoms with Crippen molar-refractivity contribution in [3.63, 3.8) is 0 Å². The van der Waals surface area contributed by atoms with Gasteiger partial charge in [-0.1, -0.05) is 0 Å². The number of esters is 1. The smallest absolute Gasteiger partial charge is 0.315 e. The van der Waals surface area contributed by atoms with Crippen molar-refractivity contribution in [2.45, 2.75) is 52.1 Å². The molecule has 0 N–H and O–H groups in total. The highest BCUT2D eigenvalue weighted by molar-refractivity contribution is 8.00. The zero-order chi connectivity index (χ0) is 13.5. The Hall–Kier alpha value is -0.710. The molecule has 1 fully saturated rings. The Morgan fingerprint density at radius 3 is 2.39 bits per heavy atom. The van der Waals surface area contributed by atoms with Crippen molar-refractivity contribution in [3.8, 4) is 0 Å². The summed E-state index contributed by atoms with van der Waals surface area (Å²) in [5.74, 6) is 0.531. The monoisotopic (exact) mass is 273 g/mol. The molecule has 0 radical (unpaired) electrons. The zero-order valence-electron chi connectivity index (χ0n) is 11.5. The van der Waals surface area contributed by atoms with E-state index >= 15 is 0 Å². The number of piperidine rings is 1. The highest BCUT2D eigenvalue weighted by atomic mass is 32.2. The number of carbonyl (C=O) groups excluding carboxylic acids is 2. The summed E-state index contributed by atoms with van der Waals surface area (Å²) in [7, 11) is 0. The molecule has 0 aromatic rings. The van der Waals surface area contributed by atoms with Crippen LogP contribution in [0.3, 0.4) is 0 Å². The second kappa shape index (κ2) is 7.67. The van der Waals surface area contributed by atoms with Crippen molar-refractivity contribution in [1.29, 1.82) is 0 Å². The summed E-state index contributed by atoms with van der Waals surface area (Å²) in [5.41, 5.74) is 0. The van der Waals surface area contributed by atoms with E-state index in [4.69, 9.17) is 4.74 Å². The van der Waals surface area contributed by atoms with Crippen molar-refractivity contribution in [3.05, 3.63) is 0 Å². The standard InChI is InChI=1S/C13H23NO3S/c1-4-17-13(16)9-18-8-12(15)14-10(2)6-5-7-11(14)3/h10-11H,4-9H2,1-3H3/t10-,11+. The van der Waals surface area contributed by atoms with Crippen LogP contribution in [0, 0.1) is 0 Å². The number of rotatable bonds is 5. The Bertz CT molecular complexity index is 286. The molecule has 1 saturated heterocycles. The molecule has 0 bridgehead atoms. The molecule has 0 aromatic carbocycles. The summed E-state index contributed by atoms with van der Waals surface area (Å²) < 4.78 is 4.83. The molecule has 1 rings (SSSR count). The minimum atomic E-state index is -0.241. The van der Waals surface area contributed by atoms with Gasteiger partial charge in [0.15, 0.2) is 0 Å². The number of carbonyl (C=O) groups is 2. The maximum atomic E-state index is 12.1. The second-order valence-electron chi connectivity index (χ2n) is 4.73. The van der Waals surface area contributed by atoms with Crippen LogP contribution in [0.1, 0.15) is 40.0 Å². The molecule has 1 aliphatic heterocycles. The average molecular weight is 273 g/mol. The van der Waals surface area contributed by atoms with Gasteiger partial charge in [0.1, 0.15) is 0 Å². The third kappa shape index (κ3) is 4.52. The summed E-state index contributed by atoms with van der Waals surface area (Å²) in [5, 5.41) is 0. The van der Waals surface area contributed by atoms with Gasteiger partial charge in [0.2, 0.25) is 5.91 Å². The van der Waals surface area contributed by atoms with Gasteiger partial charge in [0.05, 0.1) is 18.1 Å². The Balaban J connectivity index is 2.33. The van der Waals surface area contributed by atoms with Crippen LogP contribution in [0.2, 0.25) is 0 Å². The van der Waals surface area contributed by atoms with E-state index < -0.39 is 0 Å². The van der Waals surface area contributed by atoms with Crippen molar-refractivity contribution >= 4 is 23.6 Å². The Morgan fingerprint density at radius 1 is 1.22 bits per heavy atom. The average Bonchev–Trinajstić information content (AvgIpc) is 2.29. The van der Waals surface area contributed by atoms with Crippen LogP contribution >= 0.6 is 11.8 Å². The molecule has 1 aliphatic rings. The van der Waals surface area contributed by atoms with E-state index in [1.54, 1.807) is 6.92 Å². The van der Waals surface area contributed by atoms with Crippen molar-refractivity contribution < 1.29 is 14.3 Å². The van der Waals surface area contributed by atoms with Gasteiger partial charge in [0.25, 0.3) is 0 Å². The fourth-order valence-corrected chi connectivity index (χ4v) is 3.09. The lowest BCUT2D eigenvalue weighted by Crippen LogP contribution is -2.48. The maximum absolute atomic E-state index is 12.1. The minimum absolute atomic E-state index is 0.143. The van der Waals surface area contributed by atoms with Gasteiger partial charge in [-0.2, -0.15) is 0 Å². The summed E-state index contributed by atoms with van der Waals surface area (Å²) in [4.78, 5) is 25.2.